The van der Waals surface area contributed by atoms with E-state index in [1.54, 1.807) is 0 Å². The molecule has 30 heavy (non-hydrogen) atoms. The summed E-state index contributed by atoms with van der Waals surface area (Å²) in [6.07, 6.45) is -3.53. The van der Waals surface area contributed by atoms with E-state index in [4.69, 9.17) is 12.2 Å². The van der Waals surface area contributed by atoms with Crippen LogP contribution in [-0.2, 0) is 6.18 Å². The van der Waals surface area contributed by atoms with E-state index >= 15 is 0 Å². The number of nitrogens with zero attached hydrogens (tertiary/aromatic N) is 3. The lowest BCUT2D eigenvalue weighted by molar-refractivity contribution is -0.141. The second-order valence-electron chi connectivity index (χ2n) is 8.01. The van der Waals surface area contributed by atoms with Gasteiger partial charge in [-0.25, -0.2) is 4.98 Å². The number of benzene rings is 1. The van der Waals surface area contributed by atoms with Gasteiger partial charge in [0.15, 0.2) is 10.8 Å². The summed E-state index contributed by atoms with van der Waals surface area (Å²) in [7, 11) is 0. The molecule has 1 aliphatic heterocycles. The maximum atomic E-state index is 13.5. The summed E-state index contributed by atoms with van der Waals surface area (Å²) in [5.41, 5.74) is 0.0170. The first-order valence-corrected chi connectivity index (χ1v) is 10.4. The summed E-state index contributed by atoms with van der Waals surface area (Å²) in [6, 6.07) is 10.5. The second kappa shape index (κ2) is 9.16. The quantitative estimate of drug-likeness (QED) is 0.655. The number of hydrogen-bond acceptors (Lipinski definition) is 4. The normalized spacial score (nSPS) is 20.5. The molecule has 162 valence electrons. The third-order valence-corrected chi connectivity index (χ3v) is 5.29. The maximum absolute atomic E-state index is 13.5. The van der Waals surface area contributed by atoms with Crippen LogP contribution in [0, 0.1) is 11.8 Å². The number of piperidine rings is 1. The van der Waals surface area contributed by atoms with E-state index in [0.29, 0.717) is 24.9 Å². The lowest BCUT2D eigenvalue weighted by Crippen LogP contribution is -2.39. The number of hydrogen-bond donors (Lipinski definition) is 2. The van der Waals surface area contributed by atoms with Gasteiger partial charge < -0.3 is 15.5 Å². The highest BCUT2D eigenvalue weighted by Crippen LogP contribution is 2.32. The summed E-state index contributed by atoms with van der Waals surface area (Å²) < 4.78 is 40.4. The molecular formula is C21H26F3N5S. The summed E-state index contributed by atoms with van der Waals surface area (Å²) in [4.78, 5) is 9.88. The Bertz CT molecular complexity index is 865. The van der Waals surface area contributed by atoms with E-state index < -0.39 is 11.9 Å². The van der Waals surface area contributed by atoms with E-state index in [1.807, 2.05) is 42.2 Å². The molecule has 1 aromatic carbocycles. The van der Waals surface area contributed by atoms with Crippen molar-refractivity contribution in [3.05, 3.63) is 47.7 Å². The Labute approximate surface area is 180 Å². The zero-order valence-electron chi connectivity index (χ0n) is 17.2. The van der Waals surface area contributed by atoms with Gasteiger partial charge in [0.25, 0.3) is 0 Å². The van der Waals surface area contributed by atoms with E-state index in [-0.39, 0.29) is 22.9 Å². The molecular weight excluding hydrogens is 411 g/mol. The Morgan fingerprint density at radius 3 is 2.37 bits per heavy atom. The highest BCUT2D eigenvalue weighted by Gasteiger charge is 2.35. The number of rotatable bonds is 4. The van der Waals surface area contributed by atoms with E-state index in [9.17, 15) is 13.2 Å². The molecule has 0 bridgehead atoms. The van der Waals surface area contributed by atoms with Gasteiger partial charge >= 0.3 is 6.18 Å². The van der Waals surface area contributed by atoms with Crippen molar-refractivity contribution in [1.29, 1.82) is 0 Å². The molecule has 0 radical (unpaired) electrons. The smallest absolute Gasteiger partial charge is 0.356 e. The predicted octanol–water partition coefficient (Wildman–Crippen LogP) is 5.03. The van der Waals surface area contributed by atoms with E-state index in [0.717, 1.165) is 18.1 Å². The maximum Gasteiger partial charge on any atom is 0.433 e. The summed E-state index contributed by atoms with van der Waals surface area (Å²) >= 11 is 5.29. The Morgan fingerprint density at radius 1 is 1.13 bits per heavy atom. The van der Waals surface area contributed by atoms with Crippen molar-refractivity contribution in [2.75, 3.05) is 23.3 Å². The van der Waals surface area contributed by atoms with Gasteiger partial charge in [-0.05, 0) is 43.0 Å². The van der Waals surface area contributed by atoms with Crippen LogP contribution in [0.2, 0.25) is 0 Å². The summed E-state index contributed by atoms with van der Waals surface area (Å²) in [5, 5.41) is 5.95. The molecule has 2 N–H and O–H groups in total. The lowest BCUT2D eigenvalue weighted by Gasteiger charge is -2.36. The fourth-order valence-corrected chi connectivity index (χ4v) is 4.07. The molecule has 9 heteroatoms. The molecule has 2 heterocycles. The molecule has 1 aliphatic rings. The first-order chi connectivity index (χ1) is 14.1. The second-order valence-corrected chi connectivity index (χ2v) is 8.42. The molecule has 0 amide bonds. The van der Waals surface area contributed by atoms with Crippen LogP contribution in [0.3, 0.4) is 0 Å². The monoisotopic (exact) mass is 437 g/mol. The molecule has 0 aliphatic carbocycles. The minimum absolute atomic E-state index is 0.125. The van der Waals surface area contributed by atoms with Gasteiger partial charge in [-0.3, -0.25) is 0 Å². The van der Waals surface area contributed by atoms with E-state index in [2.05, 4.69) is 34.4 Å². The van der Waals surface area contributed by atoms with Crippen molar-refractivity contribution in [2.24, 2.45) is 11.8 Å². The van der Waals surface area contributed by atoms with Gasteiger partial charge in [0, 0.05) is 19.2 Å². The minimum atomic E-state index is -4.58. The zero-order chi connectivity index (χ0) is 21.9. The standard InChI is InChI=1S/C21H26F3N5S/c1-13-9-14(2)12-29(11-13)18-10-17(21(22,23)24)26-19(27-18)28-20(30)25-15(3)16-7-5-4-6-8-16/h4-8,10,13-15H,9,11-12H2,1-3H3,(H2,25,26,27,28,30)/t13-,14-,15-/m1/s1. The topological polar surface area (TPSA) is 53.1 Å². The molecule has 2 aromatic rings. The number of alkyl halides is 3. The van der Waals surface area contributed by atoms with Gasteiger partial charge in [-0.15, -0.1) is 0 Å². The van der Waals surface area contributed by atoms with Gasteiger partial charge in [-0.2, -0.15) is 18.2 Å². The Balaban J connectivity index is 1.80. The molecule has 1 aromatic heterocycles. The Hall–Kier alpha value is -2.42. The van der Waals surface area contributed by atoms with Crippen LogP contribution in [0.25, 0.3) is 0 Å². The molecule has 3 rings (SSSR count). The third-order valence-electron chi connectivity index (χ3n) is 5.07. The molecule has 3 atom stereocenters. The highest BCUT2D eigenvalue weighted by atomic mass is 32.1. The van der Waals surface area contributed by atoms with Gasteiger partial charge in [0.2, 0.25) is 5.95 Å². The van der Waals surface area contributed by atoms with Crippen LogP contribution >= 0.6 is 12.2 Å². The largest absolute Gasteiger partial charge is 0.433 e. The molecule has 1 fully saturated rings. The molecule has 1 saturated heterocycles. The molecule has 0 saturated carbocycles. The van der Waals surface area contributed by atoms with Crippen molar-refractivity contribution in [1.82, 2.24) is 15.3 Å². The van der Waals surface area contributed by atoms with Crippen molar-refractivity contribution >= 4 is 29.1 Å². The van der Waals surface area contributed by atoms with Crippen molar-refractivity contribution in [3.8, 4) is 0 Å². The zero-order valence-corrected chi connectivity index (χ0v) is 18.0. The van der Waals surface area contributed by atoms with E-state index in [1.165, 1.54) is 0 Å². The van der Waals surface area contributed by atoms with Gasteiger partial charge in [-0.1, -0.05) is 44.2 Å². The number of thiocarbonyl (C=S) groups is 1. The number of nitrogens with one attached hydrogen (secondary N) is 2. The van der Waals surface area contributed by atoms with Gasteiger partial charge in [0.05, 0.1) is 6.04 Å². The fourth-order valence-electron chi connectivity index (χ4n) is 3.81. The van der Waals surface area contributed by atoms with Crippen LogP contribution in [0.4, 0.5) is 24.9 Å². The fraction of sp³-hybridized carbons (Fsp3) is 0.476. The Morgan fingerprint density at radius 2 is 1.77 bits per heavy atom. The molecule has 0 spiro atoms. The summed E-state index contributed by atoms with van der Waals surface area (Å²) in [6.45, 7) is 7.42. The van der Waals surface area contributed by atoms with Crippen LogP contribution in [0.5, 0.6) is 0 Å². The van der Waals surface area contributed by atoms with Crippen molar-refractivity contribution < 1.29 is 13.2 Å². The first-order valence-electron chi connectivity index (χ1n) is 9.95. The third kappa shape index (κ3) is 5.81. The van der Waals surface area contributed by atoms with Crippen LogP contribution in [0.15, 0.2) is 36.4 Å². The molecule has 5 nitrogen and oxygen atoms in total. The average molecular weight is 438 g/mol. The molecule has 0 unspecified atom stereocenters. The number of halogens is 3. The van der Waals surface area contributed by atoms with Gasteiger partial charge in [0.1, 0.15) is 5.82 Å². The summed E-state index contributed by atoms with van der Waals surface area (Å²) in [5.74, 6) is 0.855. The van der Waals surface area contributed by atoms with Crippen LogP contribution in [0.1, 0.15) is 44.5 Å². The first kappa shape index (κ1) is 22.3. The lowest BCUT2D eigenvalue weighted by atomic mass is 9.92. The number of anilines is 2. The minimum Gasteiger partial charge on any atom is -0.356 e. The predicted molar refractivity (Wildman–Crippen MR) is 116 cm³/mol. The highest BCUT2D eigenvalue weighted by molar-refractivity contribution is 7.80. The van der Waals surface area contributed by atoms with Crippen molar-refractivity contribution in [3.63, 3.8) is 0 Å². The average Bonchev–Trinajstić information content (AvgIpc) is 2.67. The SMILES string of the molecule is C[C@@H]1C[C@@H](C)CN(c2cc(C(F)(F)F)nc(NC(=S)N[C@H](C)c3ccccc3)n2)C1. The Kier molecular flexibility index (Phi) is 6.80. The van der Waals surface area contributed by atoms with Crippen molar-refractivity contribution in [2.45, 2.75) is 39.4 Å². The van der Waals surface area contributed by atoms with Crippen LogP contribution < -0.4 is 15.5 Å². The number of aromatic nitrogens is 2. The van der Waals surface area contributed by atoms with Crippen LogP contribution in [-0.4, -0.2) is 28.2 Å².